The van der Waals surface area contributed by atoms with Crippen LogP contribution in [0, 0.1) is 5.92 Å². The zero-order valence-corrected chi connectivity index (χ0v) is 11.6. The first-order chi connectivity index (χ1) is 9.19. The first kappa shape index (κ1) is 14.1. The average Bonchev–Trinajstić information content (AvgIpc) is 2.83. The maximum atomic E-state index is 11.8. The Morgan fingerprint density at radius 3 is 2.53 bits per heavy atom. The molecule has 1 saturated carbocycles. The van der Waals surface area contributed by atoms with E-state index in [2.05, 4.69) is 24.4 Å². The van der Waals surface area contributed by atoms with E-state index >= 15 is 0 Å². The van der Waals surface area contributed by atoms with Crippen molar-refractivity contribution < 1.29 is 9.90 Å². The highest BCUT2D eigenvalue weighted by molar-refractivity contribution is 5.78. The molecule has 1 fully saturated rings. The van der Waals surface area contributed by atoms with E-state index in [4.69, 9.17) is 0 Å². The van der Waals surface area contributed by atoms with Crippen molar-refractivity contribution in [1.82, 2.24) is 5.32 Å². The van der Waals surface area contributed by atoms with E-state index in [0.29, 0.717) is 13.0 Å². The molecule has 104 valence electrons. The quantitative estimate of drug-likeness (QED) is 0.852. The van der Waals surface area contributed by atoms with Gasteiger partial charge in [0.25, 0.3) is 0 Å². The topological polar surface area (TPSA) is 49.3 Å². The normalized spacial score (nSPS) is 22.4. The lowest BCUT2D eigenvalue weighted by atomic mass is 10.1. The van der Waals surface area contributed by atoms with Crippen LogP contribution >= 0.6 is 0 Å². The summed E-state index contributed by atoms with van der Waals surface area (Å²) < 4.78 is 0. The number of aliphatic hydroxyl groups is 1. The molecule has 1 aromatic carbocycles. The highest BCUT2D eigenvalue weighted by atomic mass is 16.3. The molecule has 2 N–H and O–H groups in total. The van der Waals surface area contributed by atoms with Crippen molar-refractivity contribution in [3.05, 3.63) is 35.4 Å². The van der Waals surface area contributed by atoms with E-state index in [-0.39, 0.29) is 17.9 Å². The second kappa shape index (κ2) is 6.71. The third-order valence-corrected chi connectivity index (χ3v) is 3.98. The van der Waals surface area contributed by atoms with Gasteiger partial charge >= 0.3 is 0 Å². The molecule has 0 aromatic heterocycles. The SMILES string of the molecule is CCc1ccc(CC(=O)NCC2CCCC2O)cc1. The van der Waals surface area contributed by atoms with Gasteiger partial charge in [-0.25, -0.2) is 0 Å². The van der Waals surface area contributed by atoms with E-state index < -0.39 is 0 Å². The van der Waals surface area contributed by atoms with E-state index in [1.54, 1.807) is 0 Å². The second-order valence-electron chi connectivity index (χ2n) is 5.41. The van der Waals surface area contributed by atoms with Crippen LogP contribution in [-0.2, 0) is 17.6 Å². The van der Waals surface area contributed by atoms with Gasteiger partial charge in [-0.15, -0.1) is 0 Å². The largest absolute Gasteiger partial charge is 0.393 e. The molecule has 19 heavy (non-hydrogen) atoms. The number of rotatable bonds is 5. The lowest BCUT2D eigenvalue weighted by Gasteiger charge is -2.15. The zero-order chi connectivity index (χ0) is 13.7. The number of aryl methyl sites for hydroxylation is 1. The van der Waals surface area contributed by atoms with Crippen LogP contribution in [0.1, 0.15) is 37.3 Å². The third-order valence-electron chi connectivity index (χ3n) is 3.98. The maximum Gasteiger partial charge on any atom is 0.224 e. The number of carbonyl (C=O) groups is 1. The molecular weight excluding hydrogens is 238 g/mol. The van der Waals surface area contributed by atoms with Crippen LogP contribution in [-0.4, -0.2) is 23.7 Å². The lowest BCUT2D eigenvalue weighted by molar-refractivity contribution is -0.120. The Morgan fingerprint density at radius 1 is 1.26 bits per heavy atom. The summed E-state index contributed by atoms with van der Waals surface area (Å²) in [5.74, 6) is 0.287. The minimum absolute atomic E-state index is 0.0448. The summed E-state index contributed by atoms with van der Waals surface area (Å²) in [6.07, 6.45) is 4.18. The molecule has 0 saturated heterocycles. The second-order valence-corrected chi connectivity index (χ2v) is 5.41. The Morgan fingerprint density at radius 2 is 1.95 bits per heavy atom. The van der Waals surface area contributed by atoms with Crippen molar-refractivity contribution in [1.29, 1.82) is 0 Å². The molecule has 3 heteroatoms. The van der Waals surface area contributed by atoms with Gasteiger partial charge in [0.05, 0.1) is 12.5 Å². The number of hydrogen-bond acceptors (Lipinski definition) is 2. The Bertz CT molecular complexity index is 413. The summed E-state index contributed by atoms with van der Waals surface area (Å²) in [7, 11) is 0. The van der Waals surface area contributed by atoms with Crippen molar-refractivity contribution in [2.75, 3.05) is 6.54 Å². The highest BCUT2D eigenvalue weighted by Crippen LogP contribution is 2.24. The number of amides is 1. The van der Waals surface area contributed by atoms with Gasteiger partial charge in [-0.3, -0.25) is 4.79 Å². The molecular formula is C16H23NO2. The fraction of sp³-hybridized carbons (Fsp3) is 0.562. The first-order valence-corrected chi connectivity index (χ1v) is 7.21. The fourth-order valence-corrected chi connectivity index (χ4v) is 2.64. The lowest BCUT2D eigenvalue weighted by Crippen LogP contribution is -2.33. The van der Waals surface area contributed by atoms with Crippen molar-refractivity contribution in [2.45, 2.75) is 45.1 Å². The Labute approximate surface area is 115 Å². The fourth-order valence-electron chi connectivity index (χ4n) is 2.64. The van der Waals surface area contributed by atoms with Crippen molar-refractivity contribution in [3.63, 3.8) is 0 Å². The van der Waals surface area contributed by atoms with Crippen LogP contribution in [0.2, 0.25) is 0 Å². The molecule has 3 nitrogen and oxygen atoms in total. The smallest absolute Gasteiger partial charge is 0.224 e. The van der Waals surface area contributed by atoms with E-state index in [1.807, 2.05) is 12.1 Å². The molecule has 2 unspecified atom stereocenters. The standard InChI is InChI=1S/C16H23NO2/c1-2-12-6-8-13(9-7-12)10-16(19)17-11-14-4-3-5-15(14)18/h6-9,14-15,18H,2-5,10-11H2,1H3,(H,17,19). The maximum absolute atomic E-state index is 11.8. The average molecular weight is 261 g/mol. The molecule has 1 amide bonds. The van der Waals surface area contributed by atoms with E-state index in [0.717, 1.165) is 31.2 Å². The third kappa shape index (κ3) is 4.06. The minimum atomic E-state index is -0.232. The van der Waals surface area contributed by atoms with Crippen LogP contribution in [0.4, 0.5) is 0 Å². The molecule has 2 atom stereocenters. The number of nitrogens with one attached hydrogen (secondary N) is 1. The Kier molecular flexibility index (Phi) is 4.97. The van der Waals surface area contributed by atoms with Crippen LogP contribution in [0.5, 0.6) is 0 Å². The molecule has 1 aromatic rings. The monoisotopic (exact) mass is 261 g/mol. The van der Waals surface area contributed by atoms with Gasteiger partial charge in [0.2, 0.25) is 5.91 Å². The number of hydrogen-bond donors (Lipinski definition) is 2. The molecule has 0 bridgehead atoms. The molecule has 2 rings (SSSR count). The highest BCUT2D eigenvalue weighted by Gasteiger charge is 2.25. The summed E-state index contributed by atoms with van der Waals surface area (Å²) in [6, 6.07) is 8.18. The molecule has 0 heterocycles. The van der Waals surface area contributed by atoms with Gasteiger partial charge in [-0.05, 0) is 30.4 Å². The van der Waals surface area contributed by atoms with Crippen molar-refractivity contribution in [3.8, 4) is 0 Å². The van der Waals surface area contributed by atoms with Gasteiger partial charge in [0.15, 0.2) is 0 Å². The Balaban J connectivity index is 1.77. The molecule has 0 radical (unpaired) electrons. The number of carbonyl (C=O) groups excluding carboxylic acids is 1. The predicted molar refractivity (Wildman–Crippen MR) is 75.9 cm³/mol. The summed E-state index contributed by atoms with van der Waals surface area (Å²) in [5.41, 5.74) is 2.33. The van der Waals surface area contributed by atoms with Crippen LogP contribution in [0.3, 0.4) is 0 Å². The zero-order valence-electron chi connectivity index (χ0n) is 11.6. The number of benzene rings is 1. The van der Waals surface area contributed by atoms with E-state index in [1.165, 1.54) is 5.56 Å². The predicted octanol–water partition coefficient (Wildman–Crippen LogP) is 2.07. The summed E-state index contributed by atoms with van der Waals surface area (Å²) in [6.45, 7) is 2.72. The van der Waals surface area contributed by atoms with Gasteiger partial charge in [0.1, 0.15) is 0 Å². The molecule has 1 aliphatic rings. The molecule has 1 aliphatic carbocycles. The van der Waals surface area contributed by atoms with Crippen molar-refractivity contribution >= 4 is 5.91 Å². The molecule has 0 aliphatic heterocycles. The van der Waals surface area contributed by atoms with Crippen LogP contribution in [0.15, 0.2) is 24.3 Å². The summed E-state index contributed by atoms with van der Waals surface area (Å²) in [4.78, 5) is 11.8. The van der Waals surface area contributed by atoms with E-state index in [9.17, 15) is 9.90 Å². The van der Waals surface area contributed by atoms with Gasteiger partial charge in [0, 0.05) is 12.5 Å². The molecule has 0 spiro atoms. The minimum Gasteiger partial charge on any atom is -0.393 e. The van der Waals surface area contributed by atoms with Gasteiger partial charge in [-0.2, -0.15) is 0 Å². The first-order valence-electron chi connectivity index (χ1n) is 7.21. The summed E-state index contributed by atoms with van der Waals surface area (Å²) in [5, 5.41) is 12.6. The number of aliphatic hydroxyl groups excluding tert-OH is 1. The van der Waals surface area contributed by atoms with Crippen molar-refractivity contribution in [2.24, 2.45) is 5.92 Å². The van der Waals surface area contributed by atoms with Gasteiger partial charge in [-0.1, -0.05) is 37.6 Å². The van der Waals surface area contributed by atoms with Crippen LogP contribution < -0.4 is 5.32 Å². The van der Waals surface area contributed by atoms with Gasteiger partial charge < -0.3 is 10.4 Å². The summed E-state index contributed by atoms with van der Waals surface area (Å²) >= 11 is 0. The van der Waals surface area contributed by atoms with Crippen LogP contribution in [0.25, 0.3) is 0 Å². The Hall–Kier alpha value is -1.35.